The Balaban J connectivity index is 1.47. The van der Waals surface area contributed by atoms with Crippen LogP contribution in [0.1, 0.15) is 53.0 Å². The second-order valence-corrected chi connectivity index (χ2v) is 9.64. The SMILES string of the molecule is CCN(CC)C(=O)c1ccc2c(c1)Oc1c(C(N)=O)cccc1N2C1CCN(Cc2ccccc2)CC1. The topological polar surface area (TPSA) is 79.1 Å². The first-order valence-electron chi connectivity index (χ1n) is 13.1. The van der Waals surface area contributed by atoms with Crippen molar-refractivity contribution in [2.75, 3.05) is 31.1 Å². The molecule has 1 saturated heterocycles. The first kappa shape index (κ1) is 24.8. The summed E-state index contributed by atoms with van der Waals surface area (Å²) in [5.41, 5.74) is 9.70. The molecular formula is C30H34N4O3. The highest BCUT2D eigenvalue weighted by atomic mass is 16.5. The molecular weight excluding hydrogens is 464 g/mol. The monoisotopic (exact) mass is 498 g/mol. The van der Waals surface area contributed by atoms with Crippen LogP contribution in [0.4, 0.5) is 11.4 Å². The molecule has 0 saturated carbocycles. The van der Waals surface area contributed by atoms with Gasteiger partial charge < -0.3 is 20.3 Å². The fourth-order valence-electron chi connectivity index (χ4n) is 5.45. The third kappa shape index (κ3) is 4.91. The zero-order valence-electron chi connectivity index (χ0n) is 21.5. The maximum Gasteiger partial charge on any atom is 0.253 e. The fourth-order valence-corrected chi connectivity index (χ4v) is 5.45. The molecule has 0 atom stereocenters. The van der Waals surface area contributed by atoms with Crippen molar-refractivity contribution < 1.29 is 14.3 Å². The highest BCUT2D eigenvalue weighted by Gasteiger charge is 2.34. The Hall–Kier alpha value is -3.84. The van der Waals surface area contributed by atoms with Crippen LogP contribution in [0.5, 0.6) is 11.5 Å². The van der Waals surface area contributed by atoms with Gasteiger partial charge in [0.25, 0.3) is 11.8 Å². The second kappa shape index (κ2) is 10.6. The molecule has 2 N–H and O–H groups in total. The summed E-state index contributed by atoms with van der Waals surface area (Å²) in [6.07, 6.45) is 1.93. The summed E-state index contributed by atoms with van der Waals surface area (Å²) in [5.74, 6) is 0.465. The summed E-state index contributed by atoms with van der Waals surface area (Å²) in [6, 6.07) is 22.0. The Morgan fingerprint density at radius 1 is 0.946 bits per heavy atom. The van der Waals surface area contributed by atoms with E-state index in [9.17, 15) is 9.59 Å². The number of benzene rings is 3. The minimum Gasteiger partial charge on any atom is -0.452 e. The van der Waals surface area contributed by atoms with Crippen LogP contribution in [0.15, 0.2) is 66.7 Å². The Labute approximate surface area is 218 Å². The molecule has 7 heteroatoms. The van der Waals surface area contributed by atoms with Crippen LogP contribution >= 0.6 is 0 Å². The van der Waals surface area contributed by atoms with Crippen molar-refractivity contribution in [2.45, 2.75) is 39.3 Å². The number of primary amides is 1. The summed E-state index contributed by atoms with van der Waals surface area (Å²) < 4.78 is 6.31. The van der Waals surface area contributed by atoms with E-state index in [0.717, 1.165) is 43.9 Å². The maximum absolute atomic E-state index is 13.1. The van der Waals surface area contributed by atoms with E-state index in [-0.39, 0.29) is 11.9 Å². The quantitative estimate of drug-likeness (QED) is 0.486. The summed E-state index contributed by atoms with van der Waals surface area (Å²) in [5, 5.41) is 0. The maximum atomic E-state index is 13.1. The lowest BCUT2D eigenvalue weighted by Crippen LogP contribution is -2.43. The van der Waals surface area contributed by atoms with Gasteiger partial charge in [0.05, 0.1) is 16.9 Å². The van der Waals surface area contributed by atoms with Crippen molar-refractivity contribution in [3.63, 3.8) is 0 Å². The van der Waals surface area contributed by atoms with Crippen molar-refractivity contribution in [3.8, 4) is 11.5 Å². The molecule has 0 spiro atoms. The van der Waals surface area contributed by atoms with Gasteiger partial charge in [-0.05, 0) is 62.6 Å². The van der Waals surface area contributed by atoms with Gasteiger partial charge in [-0.3, -0.25) is 14.5 Å². The Kier molecular flexibility index (Phi) is 7.15. The third-order valence-electron chi connectivity index (χ3n) is 7.42. The molecule has 0 aromatic heterocycles. The van der Waals surface area contributed by atoms with Crippen molar-refractivity contribution in [1.82, 2.24) is 9.80 Å². The van der Waals surface area contributed by atoms with Crippen molar-refractivity contribution in [3.05, 3.63) is 83.4 Å². The fraction of sp³-hybridized carbons (Fsp3) is 0.333. The first-order valence-corrected chi connectivity index (χ1v) is 13.1. The summed E-state index contributed by atoms with van der Waals surface area (Å²) in [7, 11) is 0. The third-order valence-corrected chi connectivity index (χ3v) is 7.42. The van der Waals surface area contributed by atoms with Crippen molar-refractivity contribution in [1.29, 1.82) is 0 Å². The number of carbonyl (C=O) groups is 2. The van der Waals surface area contributed by atoms with Gasteiger partial charge >= 0.3 is 0 Å². The number of nitrogens with zero attached hydrogens (tertiary/aromatic N) is 3. The van der Waals surface area contributed by atoms with Crippen LogP contribution in [0, 0.1) is 0 Å². The van der Waals surface area contributed by atoms with Gasteiger partial charge in [-0.25, -0.2) is 0 Å². The lowest BCUT2D eigenvalue weighted by Gasteiger charge is -2.43. The summed E-state index contributed by atoms with van der Waals surface area (Å²) >= 11 is 0. The van der Waals surface area contributed by atoms with E-state index in [2.05, 4.69) is 34.1 Å². The molecule has 3 aromatic carbocycles. The largest absolute Gasteiger partial charge is 0.452 e. The van der Waals surface area contributed by atoms with Gasteiger partial charge in [0.2, 0.25) is 0 Å². The van der Waals surface area contributed by atoms with Crippen molar-refractivity contribution in [2.24, 2.45) is 5.73 Å². The number of hydrogen-bond donors (Lipinski definition) is 1. The lowest BCUT2D eigenvalue weighted by molar-refractivity contribution is 0.0772. The lowest BCUT2D eigenvalue weighted by atomic mass is 9.98. The Morgan fingerprint density at radius 3 is 2.35 bits per heavy atom. The number of piperidine rings is 1. The average molecular weight is 499 g/mol. The van der Waals surface area contributed by atoms with E-state index < -0.39 is 5.91 Å². The molecule has 7 nitrogen and oxygen atoms in total. The van der Waals surface area contributed by atoms with Crippen LogP contribution in [0.2, 0.25) is 0 Å². The molecule has 2 amide bonds. The standard InChI is InChI=1S/C30H34N4O3/c1-3-33(4-2)30(36)22-13-14-25-27(19-22)37-28-24(29(31)35)11-8-12-26(28)34(25)23-15-17-32(18-16-23)20-21-9-6-5-7-10-21/h5-14,19,23H,3-4,15-18,20H2,1-2H3,(H2,31,35). The zero-order valence-corrected chi connectivity index (χ0v) is 21.5. The van der Waals surface area contributed by atoms with Crippen LogP contribution in [0.3, 0.4) is 0 Å². The molecule has 2 aliphatic heterocycles. The van der Waals surface area contributed by atoms with Gasteiger partial charge in [-0.15, -0.1) is 0 Å². The van der Waals surface area contributed by atoms with Gasteiger partial charge in [0.1, 0.15) is 0 Å². The van der Waals surface area contributed by atoms with E-state index in [1.807, 2.05) is 44.2 Å². The van der Waals surface area contributed by atoms with E-state index in [1.165, 1.54) is 5.56 Å². The summed E-state index contributed by atoms with van der Waals surface area (Å²) in [6.45, 7) is 8.08. The van der Waals surface area contributed by atoms with Gasteiger partial charge in [0, 0.05) is 44.3 Å². The Morgan fingerprint density at radius 2 is 1.68 bits per heavy atom. The number of fused-ring (bicyclic) bond motifs is 2. The van der Waals surface area contributed by atoms with Crippen LogP contribution < -0.4 is 15.4 Å². The second-order valence-electron chi connectivity index (χ2n) is 9.64. The predicted molar refractivity (Wildman–Crippen MR) is 146 cm³/mol. The number of rotatable bonds is 7. The summed E-state index contributed by atoms with van der Waals surface area (Å²) in [4.78, 5) is 31.9. The van der Waals surface area contributed by atoms with E-state index in [0.29, 0.717) is 35.7 Å². The molecule has 5 rings (SSSR count). The van der Waals surface area contributed by atoms with Crippen LogP contribution in [-0.4, -0.2) is 53.8 Å². The highest BCUT2D eigenvalue weighted by Crippen LogP contribution is 2.50. The van der Waals surface area contributed by atoms with E-state index >= 15 is 0 Å². The number of hydrogen-bond acceptors (Lipinski definition) is 5. The molecule has 2 aliphatic rings. The van der Waals surface area contributed by atoms with Crippen LogP contribution in [0.25, 0.3) is 0 Å². The number of ether oxygens (including phenoxy) is 1. The van der Waals surface area contributed by atoms with E-state index in [4.69, 9.17) is 10.5 Å². The molecule has 192 valence electrons. The predicted octanol–water partition coefficient (Wildman–Crippen LogP) is 5.18. The number of nitrogens with two attached hydrogens (primary N) is 1. The molecule has 0 unspecified atom stereocenters. The van der Waals surface area contributed by atoms with Crippen molar-refractivity contribution >= 4 is 23.2 Å². The van der Waals surface area contributed by atoms with Gasteiger partial charge in [0.15, 0.2) is 11.5 Å². The number of carbonyl (C=O) groups excluding carboxylic acids is 2. The molecule has 0 aliphatic carbocycles. The number of para-hydroxylation sites is 1. The minimum absolute atomic E-state index is 0.0360. The number of likely N-dealkylation sites (tertiary alicyclic amines) is 1. The molecule has 2 heterocycles. The van der Waals surface area contributed by atoms with Crippen LogP contribution in [-0.2, 0) is 6.54 Å². The highest BCUT2D eigenvalue weighted by molar-refractivity contribution is 6.00. The minimum atomic E-state index is -0.534. The van der Waals surface area contributed by atoms with Gasteiger partial charge in [-0.1, -0.05) is 36.4 Å². The van der Waals surface area contributed by atoms with E-state index in [1.54, 1.807) is 17.0 Å². The normalized spacial score (nSPS) is 15.5. The number of anilines is 2. The van der Waals surface area contributed by atoms with Gasteiger partial charge in [-0.2, -0.15) is 0 Å². The molecule has 0 radical (unpaired) electrons. The first-order chi connectivity index (χ1) is 18.0. The Bertz CT molecular complexity index is 1280. The molecule has 0 bridgehead atoms. The zero-order chi connectivity index (χ0) is 25.9. The molecule has 1 fully saturated rings. The molecule has 3 aromatic rings. The average Bonchev–Trinajstić information content (AvgIpc) is 2.92. The molecule has 37 heavy (non-hydrogen) atoms. The smallest absolute Gasteiger partial charge is 0.253 e. The number of amides is 2.